The first-order valence-corrected chi connectivity index (χ1v) is 14.7. The maximum absolute atomic E-state index is 12.9. The van der Waals surface area contributed by atoms with Crippen LogP contribution in [0.15, 0.2) is 42.9 Å². The van der Waals surface area contributed by atoms with Crippen LogP contribution < -0.4 is 25.9 Å². The van der Waals surface area contributed by atoms with E-state index in [0.717, 1.165) is 46.9 Å². The largest absolute Gasteiger partial charge is 0.508 e. The van der Waals surface area contributed by atoms with E-state index in [9.17, 15) is 9.90 Å². The normalized spacial score (nSPS) is 18.3. The van der Waals surface area contributed by atoms with E-state index < -0.39 is 5.60 Å². The standard InChI is InChI=1S/C31H40N8O4/c1-31(2,3)43-30(41)37-13-6-7-23(19-37)39-25-12-14-36(4)29(32-16-20-8-11-24(40)15-26(20)42-5)27(25)28(35-39)34-21-17-33-38(18-21)22-9-10-22/h6,8,11-13,15,17-18,22-23,32,40H,7,9-10,14,16,19H2,1-5H3,(H,34,35). The lowest BCUT2D eigenvalue weighted by Crippen LogP contribution is -2.47. The van der Waals surface area contributed by atoms with Crippen LogP contribution in [0.1, 0.15) is 57.7 Å². The van der Waals surface area contributed by atoms with Gasteiger partial charge in [-0.25, -0.2) is 4.79 Å². The number of carbonyl (C=O) groups is 1. The monoisotopic (exact) mass is 588 g/mol. The molecule has 1 unspecified atom stereocenters. The molecule has 12 heteroatoms. The zero-order chi connectivity index (χ0) is 30.3. The molecule has 2 aliphatic heterocycles. The third kappa shape index (κ3) is 6.13. The molecule has 2 aromatic heterocycles. The number of fused-ring (bicyclic) bond motifs is 1. The lowest BCUT2D eigenvalue weighted by Gasteiger charge is -2.31. The molecule has 3 aliphatic rings. The Hall–Kier alpha value is -4.61. The van der Waals surface area contributed by atoms with Crippen molar-refractivity contribution >= 4 is 29.5 Å². The number of aromatic nitrogens is 4. The molecular weight excluding hydrogens is 548 g/mol. The fraction of sp³-hybridized carbons (Fsp3) is 0.452. The summed E-state index contributed by atoms with van der Waals surface area (Å²) >= 11 is 0. The van der Waals surface area contributed by atoms with Crippen molar-refractivity contribution in [3.63, 3.8) is 0 Å². The van der Waals surface area contributed by atoms with Crippen LogP contribution >= 0.6 is 0 Å². The maximum Gasteiger partial charge on any atom is 0.414 e. The zero-order valence-electron chi connectivity index (χ0n) is 25.4. The fourth-order valence-corrected chi connectivity index (χ4v) is 5.45. The van der Waals surface area contributed by atoms with E-state index in [1.165, 1.54) is 0 Å². The van der Waals surface area contributed by atoms with Crippen LogP contribution in [-0.2, 0) is 11.3 Å². The topological polar surface area (TPSA) is 122 Å². The van der Waals surface area contributed by atoms with E-state index >= 15 is 0 Å². The van der Waals surface area contributed by atoms with E-state index in [-0.39, 0.29) is 17.9 Å². The third-order valence-electron chi connectivity index (χ3n) is 7.70. The molecule has 228 valence electrons. The van der Waals surface area contributed by atoms with Gasteiger partial charge in [0.1, 0.15) is 22.9 Å². The Balaban J connectivity index is 1.38. The number of ether oxygens (including phenoxy) is 2. The first kappa shape index (κ1) is 28.5. The molecule has 4 heterocycles. The average Bonchev–Trinajstić information content (AvgIpc) is 3.61. The molecule has 1 aromatic carbocycles. The van der Waals surface area contributed by atoms with Crippen molar-refractivity contribution in [2.75, 3.05) is 32.6 Å². The second-order valence-corrected chi connectivity index (χ2v) is 12.3. The van der Waals surface area contributed by atoms with Gasteiger partial charge in [0.05, 0.1) is 48.2 Å². The van der Waals surface area contributed by atoms with Gasteiger partial charge < -0.3 is 30.1 Å². The van der Waals surface area contributed by atoms with Crippen molar-refractivity contribution in [2.45, 2.75) is 64.3 Å². The van der Waals surface area contributed by atoms with Crippen molar-refractivity contribution in [3.05, 3.63) is 59.0 Å². The van der Waals surface area contributed by atoms with Gasteiger partial charge in [-0.05, 0) is 58.2 Å². The second kappa shape index (κ2) is 11.2. The number of phenolic OH excluding ortho intramolecular Hbond substituents is 1. The van der Waals surface area contributed by atoms with Gasteiger partial charge in [-0.15, -0.1) is 0 Å². The minimum atomic E-state index is -0.585. The van der Waals surface area contributed by atoms with Gasteiger partial charge in [0.25, 0.3) is 0 Å². The number of rotatable bonds is 8. The summed E-state index contributed by atoms with van der Waals surface area (Å²) in [5.41, 5.74) is 1.19. The second-order valence-electron chi connectivity index (χ2n) is 12.3. The van der Waals surface area contributed by atoms with E-state index in [0.29, 0.717) is 37.2 Å². The number of anilines is 2. The van der Waals surface area contributed by atoms with Crippen LogP contribution in [0.3, 0.4) is 0 Å². The molecule has 1 saturated carbocycles. The number of phenols is 1. The number of hydrogen-bond donors (Lipinski definition) is 3. The Morgan fingerprint density at radius 3 is 2.77 bits per heavy atom. The zero-order valence-corrected chi connectivity index (χ0v) is 25.4. The van der Waals surface area contributed by atoms with E-state index in [4.69, 9.17) is 14.6 Å². The molecule has 1 atom stereocenters. The Labute approximate surface area is 250 Å². The van der Waals surface area contributed by atoms with Gasteiger partial charge in [0.2, 0.25) is 0 Å². The van der Waals surface area contributed by atoms with Crippen LogP contribution in [-0.4, -0.2) is 73.4 Å². The summed E-state index contributed by atoms with van der Waals surface area (Å²) in [6.07, 6.45) is 12.5. The smallest absolute Gasteiger partial charge is 0.414 e. The number of methoxy groups -OCH3 is 1. The van der Waals surface area contributed by atoms with E-state index in [1.54, 1.807) is 30.3 Å². The van der Waals surface area contributed by atoms with Crippen molar-refractivity contribution in [3.8, 4) is 11.5 Å². The Morgan fingerprint density at radius 1 is 1.21 bits per heavy atom. The molecule has 1 aliphatic carbocycles. The average molecular weight is 589 g/mol. The van der Waals surface area contributed by atoms with Crippen molar-refractivity contribution in [2.24, 2.45) is 0 Å². The summed E-state index contributed by atoms with van der Waals surface area (Å²) in [5, 5.41) is 28.7. The molecule has 6 rings (SSSR count). The molecule has 43 heavy (non-hydrogen) atoms. The molecule has 0 bridgehead atoms. The predicted molar refractivity (Wildman–Crippen MR) is 163 cm³/mol. The highest BCUT2D eigenvalue weighted by molar-refractivity contribution is 5.69. The molecule has 3 N–H and O–H groups in total. The van der Waals surface area contributed by atoms with Gasteiger partial charge in [0.15, 0.2) is 5.82 Å². The van der Waals surface area contributed by atoms with Gasteiger partial charge in [-0.2, -0.15) is 10.2 Å². The lowest BCUT2D eigenvalue weighted by molar-refractivity contribution is 0.0301. The highest BCUT2D eigenvalue weighted by Crippen LogP contribution is 2.34. The third-order valence-corrected chi connectivity index (χ3v) is 7.70. The molecule has 0 saturated heterocycles. The summed E-state index contributed by atoms with van der Waals surface area (Å²) in [6.45, 7) is 7.19. The van der Waals surface area contributed by atoms with E-state index in [1.807, 2.05) is 61.7 Å². The number of hydrogen-bond acceptors (Lipinski definition) is 9. The Kier molecular flexibility index (Phi) is 7.45. The summed E-state index contributed by atoms with van der Waals surface area (Å²) in [5.74, 6) is 2.37. The number of benzene rings is 1. The number of nitrogens with zero attached hydrogens (tertiary/aromatic N) is 6. The van der Waals surface area contributed by atoms with Crippen LogP contribution in [0, 0.1) is 0 Å². The van der Waals surface area contributed by atoms with Crippen LogP contribution in [0.5, 0.6) is 11.5 Å². The molecule has 1 amide bonds. The van der Waals surface area contributed by atoms with Gasteiger partial charge in [-0.1, -0.05) is 6.08 Å². The van der Waals surface area contributed by atoms with Crippen LogP contribution in [0.4, 0.5) is 16.3 Å². The minimum Gasteiger partial charge on any atom is -0.508 e. The number of amides is 1. The molecular formula is C31H40N8O4. The number of carbonyl (C=O) groups excluding carboxylic acids is 1. The maximum atomic E-state index is 12.9. The first-order valence-electron chi connectivity index (χ1n) is 14.7. The summed E-state index contributed by atoms with van der Waals surface area (Å²) < 4.78 is 15.2. The number of aromatic hydroxyl groups is 1. The fourth-order valence-electron chi connectivity index (χ4n) is 5.45. The lowest BCUT2D eigenvalue weighted by atomic mass is 10.1. The van der Waals surface area contributed by atoms with Crippen LogP contribution in [0.25, 0.3) is 11.9 Å². The first-order chi connectivity index (χ1) is 20.6. The van der Waals surface area contributed by atoms with Gasteiger partial charge in [0, 0.05) is 44.2 Å². The van der Waals surface area contributed by atoms with Crippen molar-refractivity contribution < 1.29 is 19.4 Å². The quantitative estimate of drug-likeness (QED) is 0.364. The molecule has 0 radical (unpaired) electrons. The van der Waals surface area contributed by atoms with E-state index in [2.05, 4.69) is 26.7 Å². The number of nitrogens with one attached hydrogen (secondary N) is 2. The molecule has 3 aromatic rings. The molecule has 0 spiro atoms. The van der Waals surface area contributed by atoms with Crippen LogP contribution in [0.2, 0.25) is 0 Å². The minimum absolute atomic E-state index is 0.0888. The summed E-state index contributed by atoms with van der Waals surface area (Å²) in [7, 11) is 3.63. The summed E-state index contributed by atoms with van der Waals surface area (Å²) in [6, 6.07) is 5.50. The number of allylic oxidation sites excluding steroid dienone is 1. The van der Waals surface area contributed by atoms with Crippen molar-refractivity contribution in [1.82, 2.24) is 34.7 Å². The highest BCUT2D eigenvalue weighted by atomic mass is 16.6. The molecule has 1 fully saturated rings. The van der Waals surface area contributed by atoms with Crippen molar-refractivity contribution in [1.29, 1.82) is 0 Å². The summed E-state index contributed by atoms with van der Waals surface area (Å²) in [4.78, 5) is 16.7. The SMILES string of the molecule is COc1cc(O)ccc1CNC1=c2c(Nc3cnn(C4CC4)c3)nn(C3CC=CN(C(=O)OC(C)(C)C)C3)c2=CCN1C. The predicted octanol–water partition coefficient (Wildman–Crippen LogP) is 3.15. The Morgan fingerprint density at radius 2 is 2.02 bits per heavy atom. The molecule has 12 nitrogen and oxygen atoms in total. The Bertz CT molecular complexity index is 1660. The van der Waals surface area contributed by atoms with Gasteiger partial charge >= 0.3 is 6.09 Å². The van der Waals surface area contributed by atoms with Gasteiger partial charge in [-0.3, -0.25) is 14.3 Å². The highest BCUT2D eigenvalue weighted by Gasteiger charge is 2.29.